The van der Waals surface area contributed by atoms with Crippen molar-refractivity contribution >= 4 is 29.3 Å². The average Bonchev–Trinajstić information content (AvgIpc) is 2.99. The largest absolute Gasteiger partial charge is 0.394 e. The summed E-state index contributed by atoms with van der Waals surface area (Å²) in [4.78, 5) is 28.8. The molecule has 2 amide bonds. The van der Waals surface area contributed by atoms with Crippen LogP contribution in [-0.2, 0) is 16.6 Å². The van der Waals surface area contributed by atoms with Gasteiger partial charge in [0.1, 0.15) is 0 Å². The molecular formula is C16H20N4O3S. The quantitative estimate of drug-likeness (QED) is 0.686. The summed E-state index contributed by atoms with van der Waals surface area (Å²) in [5, 5.41) is 14.9. The van der Waals surface area contributed by atoms with Gasteiger partial charge in [-0.3, -0.25) is 9.59 Å². The molecule has 0 saturated heterocycles. The lowest BCUT2D eigenvalue weighted by molar-refractivity contribution is -0.136. The zero-order valence-corrected chi connectivity index (χ0v) is 14.3. The summed E-state index contributed by atoms with van der Waals surface area (Å²) in [5.41, 5.74) is 0.524. The molecule has 0 aliphatic rings. The maximum absolute atomic E-state index is 11.8. The van der Waals surface area contributed by atoms with Gasteiger partial charge in [0.2, 0.25) is 0 Å². The minimum Gasteiger partial charge on any atom is -0.394 e. The molecule has 1 aromatic heterocycles. The van der Waals surface area contributed by atoms with Crippen LogP contribution in [0.5, 0.6) is 0 Å². The van der Waals surface area contributed by atoms with Crippen LogP contribution in [0.1, 0.15) is 13.3 Å². The van der Waals surface area contributed by atoms with E-state index in [1.807, 2.05) is 36.9 Å². The van der Waals surface area contributed by atoms with Crippen molar-refractivity contribution in [2.45, 2.75) is 29.4 Å². The summed E-state index contributed by atoms with van der Waals surface area (Å²) in [6.45, 7) is 1.62. The third-order valence-electron chi connectivity index (χ3n) is 3.35. The van der Waals surface area contributed by atoms with Gasteiger partial charge in [-0.15, -0.1) is 0 Å². The number of imidazole rings is 1. The molecule has 1 aromatic carbocycles. The van der Waals surface area contributed by atoms with Crippen molar-refractivity contribution in [1.29, 1.82) is 0 Å². The Morgan fingerprint density at radius 2 is 2.00 bits per heavy atom. The van der Waals surface area contributed by atoms with Crippen LogP contribution in [0.15, 0.2) is 46.7 Å². The molecule has 2 rings (SSSR count). The van der Waals surface area contributed by atoms with Gasteiger partial charge in [0.25, 0.3) is 0 Å². The van der Waals surface area contributed by atoms with Crippen LogP contribution in [0.4, 0.5) is 5.69 Å². The van der Waals surface area contributed by atoms with E-state index in [1.165, 1.54) is 11.8 Å². The summed E-state index contributed by atoms with van der Waals surface area (Å²) >= 11 is 1.50. The second-order valence-corrected chi connectivity index (χ2v) is 6.20. The van der Waals surface area contributed by atoms with Crippen LogP contribution < -0.4 is 10.6 Å². The predicted molar refractivity (Wildman–Crippen MR) is 91.7 cm³/mol. The number of amides is 2. The van der Waals surface area contributed by atoms with Gasteiger partial charge in [-0.05, 0) is 30.7 Å². The number of hydrogen-bond acceptors (Lipinski definition) is 5. The number of hydrogen-bond donors (Lipinski definition) is 3. The minimum atomic E-state index is -0.762. The number of aliphatic hydroxyl groups is 1. The number of carbonyl (C=O) groups excluding carboxylic acids is 2. The highest BCUT2D eigenvalue weighted by atomic mass is 32.2. The third kappa shape index (κ3) is 4.84. The highest BCUT2D eigenvalue weighted by Crippen LogP contribution is 2.26. The first-order valence-electron chi connectivity index (χ1n) is 7.51. The molecule has 8 heteroatoms. The van der Waals surface area contributed by atoms with E-state index in [-0.39, 0.29) is 6.61 Å². The maximum atomic E-state index is 11.8. The standard InChI is InChI=1S/C16H20N4O3S/c1-3-11(10-21)18-14(22)15(23)19-12-4-6-13(7-5-12)24-16-17-8-9-20(16)2/h4-9,11,21H,3,10H2,1-2H3,(H,18,22)(H,19,23)/t11-/m0/s1. The molecule has 0 bridgehead atoms. The second kappa shape index (κ2) is 8.51. The van der Waals surface area contributed by atoms with E-state index in [4.69, 9.17) is 5.11 Å². The van der Waals surface area contributed by atoms with Crippen LogP contribution in [0, 0.1) is 0 Å². The van der Waals surface area contributed by atoms with Gasteiger partial charge in [0.05, 0.1) is 12.6 Å². The molecule has 0 fully saturated rings. The minimum absolute atomic E-state index is 0.200. The van der Waals surface area contributed by atoms with Gasteiger partial charge in [0.15, 0.2) is 5.16 Å². The summed E-state index contributed by atoms with van der Waals surface area (Å²) in [6, 6.07) is 6.71. The number of aliphatic hydroxyl groups excluding tert-OH is 1. The molecule has 24 heavy (non-hydrogen) atoms. The Balaban J connectivity index is 1.92. The van der Waals surface area contributed by atoms with Crippen LogP contribution in [0.2, 0.25) is 0 Å². The number of nitrogens with zero attached hydrogens (tertiary/aromatic N) is 2. The summed E-state index contributed by atoms with van der Waals surface area (Å²) in [5.74, 6) is -1.52. The normalized spacial score (nSPS) is 11.8. The topological polar surface area (TPSA) is 96.2 Å². The number of rotatable bonds is 6. The lowest BCUT2D eigenvalue weighted by Gasteiger charge is -2.13. The van der Waals surface area contributed by atoms with E-state index in [9.17, 15) is 9.59 Å². The Morgan fingerprint density at radius 3 is 2.54 bits per heavy atom. The molecule has 0 unspecified atom stereocenters. The fraction of sp³-hybridized carbons (Fsp3) is 0.312. The fourth-order valence-corrected chi connectivity index (χ4v) is 2.68. The van der Waals surface area contributed by atoms with Crippen LogP contribution >= 0.6 is 11.8 Å². The Morgan fingerprint density at radius 1 is 1.29 bits per heavy atom. The lowest BCUT2D eigenvalue weighted by atomic mass is 10.2. The van der Waals surface area contributed by atoms with E-state index in [0.717, 1.165) is 10.1 Å². The van der Waals surface area contributed by atoms with Gasteiger partial charge in [-0.25, -0.2) is 4.98 Å². The SMILES string of the molecule is CC[C@@H](CO)NC(=O)C(=O)Nc1ccc(Sc2nccn2C)cc1. The molecule has 0 aliphatic carbocycles. The van der Waals surface area contributed by atoms with E-state index in [0.29, 0.717) is 12.1 Å². The molecule has 7 nitrogen and oxygen atoms in total. The van der Waals surface area contributed by atoms with Gasteiger partial charge in [0, 0.05) is 30.0 Å². The highest BCUT2D eigenvalue weighted by molar-refractivity contribution is 7.99. The number of aryl methyl sites for hydroxylation is 1. The van der Waals surface area contributed by atoms with E-state index in [2.05, 4.69) is 15.6 Å². The Hall–Kier alpha value is -2.32. The van der Waals surface area contributed by atoms with Crippen molar-refractivity contribution in [3.8, 4) is 0 Å². The molecule has 0 spiro atoms. The molecule has 128 valence electrons. The molecule has 0 saturated carbocycles. The maximum Gasteiger partial charge on any atom is 0.313 e. The van der Waals surface area contributed by atoms with E-state index in [1.54, 1.807) is 18.3 Å². The zero-order valence-electron chi connectivity index (χ0n) is 13.5. The molecule has 1 heterocycles. The Kier molecular flexibility index (Phi) is 6.39. The van der Waals surface area contributed by atoms with Gasteiger partial charge in [-0.1, -0.05) is 18.7 Å². The molecule has 0 aliphatic heterocycles. The molecule has 0 radical (unpaired) electrons. The van der Waals surface area contributed by atoms with Crippen LogP contribution in [0.3, 0.4) is 0 Å². The third-order valence-corrected chi connectivity index (χ3v) is 4.44. The van der Waals surface area contributed by atoms with Gasteiger partial charge < -0.3 is 20.3 Å². The molecule has 1 atom stereocenters. The summed E-state index contributed by atoms with van der Waals surface area (Å²) < 4.78 is 1.91. The Labute approximate surface area is 144 Å². The predicted octanol–water partition coefficient (Wildman–Crippen LogP) is 1.40. The monoisotopic (exact) mass is 348 g/mol. The van der Waals surface area contributed by atoms with Crippen molar-refractivity contribution in [3.05, 3.63) is 36.7 Å². The highest BCUT2D eigenvalue weighted by Gasteiger charge is 2.17. The molecule has 3 N–H and O–H groups in total. The smallest absolute Gasteiger partial charge is 0.313 e. The van der Waals surface area contributed by atoms with Crippen molar-refractivity contribution in [3.63, 3.8) is 0 Å². The number of carbonyl (C=O) groups is 2. The molecule has 2 aromatic rings. The summed E-state index contributed by atoms with van der Waals surface area (Å²) in [6.07, 6.45) is 4.14. The molecular weight excluding hydrogens is 328 g/mol. The van der Waals surface area contributed by atoms with E-state index >= 15 is 0 Å². The lowest BCUT2D eigenvalue weighted by Crippen LogP contribution is -2.43. The number of nitrogens with one attached hydrogen (secondary N) is 2. The Bertz CT molecular complexity index is 696. The van der Waals surface area contributed by atoms with Crippen molar-refractivity contribution in [2.75, 3.05) is 11.9 Å². The number of aromatic nitrogens is 2. The van der Waals surface area contributed by atoms with Gasteiger partial charge >= 0.3 is 11.8 Å². The first-order chi connectivity index (χ1) is 11.5. The van der Waals surface area contributed by atoms with Crippen LogP contribution in [0.25, 0.3) is 0 Å². The van der Waals surface area contributed by atoms with Crippen LogP contribution in [-0.4, -0.2) is 39.1 Å². The van der Waals surface area contributed by atoms with Gasteiger partial charge in [-0.2, -0.15) is 0 Å². The van der Waals surface area contributed by atoms with E-state index < -0.39 is 17.9 Å². The number of anilines is 1. The first kappa shape index (κ1) is 18.0. The van der Waals surface area contributed by atoms with Crippen molar-refractivity contribution in [1.82, 2.24) is 14.9 Å². The number of benzene rings is 1. The zero-order chi connectivity index (χ0) is 17.5. The second-order valence-electron chi connectivity index (χ2n) is 5.16. The first-order valence-corrected chi connectivity index (χ1v) is 8.33. The average molecular weight is 348 g/mol. The fourth-order valence-electron chi connectivity index (χ4n) is 1.88. The van der Waals surface area contributed by atoms with Crippen molar-refractivity contribution in [2.24, 2.45) is 7.05 Å². The summed E-state index contributed by atoms with van der Waals surface area (Å²) in [7, 11) is 1.92. The van der Waals surface area contributed by atoms with Crippen molar-refractivity contribution < 1.29 is 14.7 Å².